The second kappa shape index (κ2) is 17.7. The van der Waals surface area contributed by atoms with Gasteiger partial charge in [0.15, 0.2) is 0 Å². The molecule has 8 rings (SSSR count). The van der Waals surface area contributed by atoms with Crippen LogP contribution in [0.2, 0.25) is 0 Å². The van der Waals surface area contributed by atoms with Gasteiger partial charge in [-0.25, -0.2) is 9.97 Å². The number of anilines is 2. The van der Waals surface area contributed by atoms with Gasteiger partial charge in [0.25, 0.3) is 0 Å². The highest BCUT2D eigenvalue weighted by atomic mass is 32.3. The molecule has 2 unspecified atom stereocenters. The fraction of sp³-hybridized carbons (Fsp3) is 0.0435. The lowest BCUT2D eigenvalue weighted by Crippen LogP contribution is -2.14. The zero-order valence-corrected chi connectivity index (χ0v) is 33.7. The average Bonchev–Trinajstić information content (AvgIpc) is 3.28. The van der Waals surface area contributed by atoms with E-state index in [0.717, 1.165) is 22.9 Å². The SMILES string of the molecule is C#Cc1cc(C(Nc2ccccn2)c2ccc3cccnc3c2O)cc(S(=O)(=O)F)c1.C#Cc1cc(C(Nc2ccccn2)c2ccc3cccnc3c2O)ccc1S(=O)(=O)F. The van der Waals surface area contributed by atoms with Gasteiger partial charge in [0.2, 0.25) is 0 Å². The Morgan fingerprint density at radius 2 is 1.08 bits per heavy atom. The Labute approximate surface area is 355 Å². The Hall–Kier alpha value is -7.92. The topological polar surface area (TPSA) is 184 Å². The van der Waals surface area contributed by atoms with Crippen LogP contribution in [-0.2, 0) is 20.4 Å². The molecular formula is C46H32F2N6O6S2. The van der Waals surface area contributed by atoms with Gasteiger partial charge in [-0.3, -0.25) is 9.97 Å². The summed E-state index contributed by atoms with van der Waals surface area (Å²) in [4.78, 5) is 15.8. The molecule has 0 fully saturated rings. The van der Waals surface area contributed by atoms with E-state index in [-0.39, 0.29) is 22.6 Å². The van der Waals surface area contributed by atoms with E-state index >= 15 is 0 Å². The molecule has 0 aliphatic rings. The van der Waals surface area contributed by atoms with Crippen molar-refractivity contribution in [3.63, 3.8) is 0 Å². The fourth-order valence-corrected chi connectivity index (χ4v) is 7.85. The number of benzene rings is 4. The smallest absolute Gasteiger partial charge is 0.333 e. The molecule has 0 radical (unpaired) electrons. The summed E-state index contributed by atoms with van der Waals surface area (Å²) in [6, 6.07) is 31.0. The summed E-state index contributed by atoms with van der Waals surface area (Å²) in [6.45, 7) is 0. The number of phenols is 2. The molecule has 12 nitrogen and oxygen atoms in total. The van der Waals surface area contributed by atoms with Crippen LogP contribution in [0.4, 0.5) is 19.4 Å². The Bertz CT molecular complexity index is 3280. The first-order valence-corrected chi connectivity index (χ1v) is 21.1. The maximum Gasteiger partial charge on any atom is 0.333 e. The van der Waals surface area contributed by atoms with Crippen molar-refractivity contribution in [2.45, 2.75) is 21.9 Å². The maximum atomic E-state index is 13.8. The lowest BCUT2D eigenvalue weighted by molar-refractivity contribution is 0.471. The summed E-state index contributed by atoms with van der Waals surface area (Å²) in [5.41, 5.74) is 2.56. The molecule has 0 saturated carbocycles. The maximum absolute atomic E-state index is 13.8. The van der Waals surface area contributed by atoms with Gasteiger partial charge in [0, 0.05) is 57.8 Å². The van der Waals surface area contributed by atoms with E-state index in [4.69, 9.17) is 12.8 Å². The Morgan fingerprint density at radius 1 is 0.548 bits per heavy atom. The van der Waals surface area contributed by atoms with E-state index in [1.807, 2.05) is 12.1 Å². The minimum Gasteiger partial charge on any atom is -0.505 e. The number of nitrogens with zero attached hydrogens (tertiary/aromatic N) is 4. The summed E-state index contributed by atoms with van der Waals surface area (Å²) < 4.78 is 73.4. The molecule has 4 aromatic heterocycles. The normalized spacial score (nSPS) is 12.3. The predicted molar refractivity (Wildman–Crippen MR) is 232 cm³/mol. The molecule has 16 heteroatoms. The standard InChI is InChI=1S/2C23H16FN3O3S/c1-2-15-14-17(9-11-19(15)31(24,29)30)21(27-20-7-3-4-12-25-20)18-10-8-16-6-5-13-26-22(16)23(18)28;1-2-15-12-17(14-18(13-15)31(24,29)30)21(27-20-7-3-4-10-25-20)19-9-8-16-6-5-11-26-22(16)23(19)28/h2*1,3-14,21,28H,(H,25,27). The summed E-state index contributed by atoms with van der Waals surface area (Å²) in [7, 11) is -9.99. The van der Waals surface area contributed by atoms with Gasteiger partial charge in [0.1, 0.15) is 44.0 Å². The van der Waals surface area contributed by atoms with Crippen molar-refractivity contribution in [1.82, 2.24) is 19.9 Å². The van der Waals surface area contributed by atoms with Gasteiger partial charge in [-0.1, -0.05) is 66.4 Å². The molecule has 2 atom stereocenters. The van der Waals surface area contributed by atoms with E-state index in [9.17, 15) is 34.8 Å². The number of aromatic nitrogens is 4. The number of hydrogen-bond acceptors (Lipinski definition) is 12. The number of fused-ring (bicyclic) bond motifs is 2. The van der Waals surface area contributed by atoms with Crippen molar-refractivity contribution in [1.29, 1.82) is 0 Å². The number of nitrogens with one attached hydrogen (secondary N) is 2. The van der Waals surface area contributed by atoms with Crippen molar-refractivity contribution in [2.24, 2.45) is 0 Å². The lowest BCUT2D eigenvalue weighted by Gasteiger charge is -2.22. The number of phenolic OH excluding ortho intramolecular Hbond substituents is 2. The lowest BCUT2D eigenvalue weighted by atomic mass is 9.95. The Kier molecular flexibility index (Phi) is 12.1. The number of terminal acetylenes is 2. The molecule has 0 saturated heterocycles. The van der Waals surface area contributed by atoms with E-state index < -0.39 is 42.3 Å². The van der Waals surface area contributed by atoms with Crippen LogP contribution >= 0.6 is 0 Å². The molecule has 0 bridgehead atoms. The van der Waals surface area contributed by atoms with Crippen LogP contribution in [0.5, 0.6) is 11.5 Å². The molecule has 308 valence electrons. The van der Waals surface area contributed by atoms with Gasteiger partial charge >= 0.3 is 20.4 Å². The average molecular weight is 867 g/mol. The largest absolute Gasteiger partial charge is 0.505 e. The van der Waals surface area contributed by atoms with Crippen molar-refractivity contribution in [3.8, 4) is 36.2 Å². The molecule has 0 amide bonds. The third-order valence-electron chi connectivity index (χ3n) is 9.56. The van der Waals surface area contributed by atoms with E-state index in [1.54, 1.807) is 104 Å². The van der Waals surface area contributed by atoms with Crippen LogP contribution in [-0.4, -0.2) is 47.0 Å². The van der Waals surface area contributed by atoms with Crippen LogP contribution in [0.1, 0.15) is 45.5 Å². The summed E-state index contributed by atoms with van der Waals surface area (Å²) in [6.07, 6.45) is 17.2. The molecule has 4 heterocycles. The number of pyridine rings is 4. The second-order valence-electron chi connectivity index (χ2n) is 13.5. The minimum atomic E-state index is -5.01. The molecule has 0 spiro atoms. The predicted octanol–water partition coefficient (Wildman–Crippen LogP) is 8.35. The first-order chi connectivity index (χ1) is 29.7. The zero-order chi connectivity index (χ0) is 44.0. The highest BCUT2D eigenvalue weighted by molar-refractivity contribution is 7.86. The van der Waals surface area contributed by atoms with Crippen LogP contribution in [0.15, 0.2) is 156 Å². The molecule has 0 aliphatic heterocycles. The molecule has 4 N–H and O–H groups in total. The fourth-order valence-electron chi connectivity index (χ4n) is 6.70. The van der Waals surface area contributed by atoms with Crippen molar-refractivity contribution in [2.75, 3.05) is 10.6 Å². The van der Waals surface area contributed by atoms with Gasteiger partial charge in [-0.15, -0.1) is 20.6 Å². The first-order valence-electron chi connectivity index (χ1n) is 18.3. The van der Waals surface area contributed by atoms with Crippen LogP contribution in [0, 0.1) is 24.7 Å². The Balaban J connectivity index is 0.000000186. The molecular weight excluding hydrogens is 835 g/mol. The third-order valence-corrected chi connectivity index (χ3v) is 11.2. The van der Waals surface area contributed by atoms with Crippen LogP contribution in [0.3, 0.4) is 0 Å². The second-order valence-corrected chi connectivity index (χ2v) is 16.1. The molecule has 4 aromatic carbocycles. The third kappa shape index (κ3) is 9.27. The molecule has 8 aromatic rings. The number of rotatable bonds is 10. The number of hydrogen-bond donors (Lipinski definition) is 4. The van der Waals surface area contributed by atoms with E-state index in [2.05, 4.69) is 42.4 Å². The summed E-state index contributed by atoms with van der Waals surface area (Å²) in [5.74, 6) is 5.40. The van der Waals surface area contributed by atoms with Crippen molar-refractivity contribution >= 4 is 53.9 Å². The minimum absolute atomic E-state index is 0.0454. The van der Waals surface area contributed by atoms with Crippen molar-refractivity contribution < 1.29 is 34.8 Å². The molecule has 62 heavy (non-hydrogen) atoms. The number of halogens is 2. The van der Waals surface area contributed by atoms with E-state index in [1.165, 1.54) is 18.2 Å². The van der Waals surface area contributed by atoms with Gasteiger partial charge < -0.3 is 20.8 Å². The van der Waals surface area contributed by atoms with Gasteiger partial charge in [-0.05, 0) is 77.9 Å². The van der Waals surface area contributed by atoms with Gasteiger partial charge in [-0.2, -0.15) is 16.8 Å². The quantitative estimate of drug-likeness (QED) is 0.0762. The van der Waals surface area contributed by atoms with Crippen LogP contribution in [0.25, 0.3) is 21.8 Å². The zero-order valence-electron chi connectivity index (χ0n) is 32.1. The molecule has 0 aliphatic carbocycles. The monoisotopic (exact) mass is 866 g/mol. The first kappa shape index (κ1) is 42.2. The Morgan fingerprint density at radius 3 is 1.55 bits per heavy atom. The highest BCUT2D eigenvalue weighted by Gasteiger charge is 2.25. The summed E-state index contributed by atoms with van der Waals surface area (Å²) in [5, 5.41) is 29.8. The number of aromatic hydroxyl groups is 2. The van der Waals surface area contributed by atoms with Gasteiger partial charge in [0.05, 0.1) is 12.1 Å². The van der Waals surface area contributed by atoms with Crippen LogP contribution < -0.4 is 10.6 Å². The summed E-state index contributed by atoms with van der Waals surface area (Å²) >= 11 is 0. The van der Waals surface area contributed by atoms with E-state index in [0.29, 0.717) is 44.9 Å². The van der Waals surface area contributed by atoms with Crippen molar-refractivity contribution in [3.05, 3.63) is 179 Å². The highest BCUT2D eigenvalue weighted by Crippen LogP contribution is 2.39.